The second-order valence-electron chi connectivity index (χ2n) is 5.33. The van der Waals surface area contributed by atoms with Gasteiger partial charge in [-0.3, -0.25) is 0 Å². The van der Waals surface area contributed by atoms with Crippen LogP contribution in [0.1, 0.15) is 46.0 Å². The number of hydrogen-bond acceptors (Lipinski definition) is 4. The molecule has 0 spiro atoms. The van der Waals surface area contributed by atoms with Crippen LogP contribution in [0.4, 0.5) is 0 Å². The van der Waals surface area contributed by atoms with Crippen molar-refractivity contribution in [1.82, 2.24) is 0 Å². The van der Waals surface area contributed by atoms with Crippen molar-refractivity contribution in [2.24, 2.45) is 11.8 Å². The van der Waals surface area contributed by atoms with E-state index in [0.717, 1.165) is 19.3 Å². The minimum atomic E-state index is -0.478. The van der Waals surface area contributed by atoms with Gasteiger partial charge >= 0.3 is 5.97 Å². The summed E-state index contributed by atoms with van der Waals surface area (Å²) in [6, 6.07) is 0. The molecular weight excluding hydrogens is 232 g/mol. The number of unbranched alkanes of at least 4 members (excludes halogenated alkanes) is 2. The number of allylic oxidation sites excluding steroid dienone is 1. The van der Waals surface area contributed by atoms with Gasteiger partial charge in [-0.25, -0.2) is 4.79 Å². The Labute approximate surface area is 109 Å². The Morgan fingerprint density at radius 2 is 2.11 bits per heavy atom. The van der Waals surface area contributed by atoms with Crippen molar-refractivity contribution in [2.45, 2.75) is 46.0 Å². The first-order valence-electron chi connectivity index (χ1n) is 6.76. The van der Waals surface area contributed by atoms with Gasteiger partial charge in [0.15, 0.2) is 0 Å². The third-order valence-electron chi connectivity index (χ3n) is 3.27. The van der Waals surface area contributed by atoms with Crippen LogP contribution in [0.5, 0.6) is 0 Å². The summed E-state index contributed by atoms with van der Waals surface area (Å²) in [6.07, 6.45) is 4.76. The molecule has 0 saturated carbocycles. The van der Waals surface area contributed by atoms with Crippen LogP contribution >= 0.6 is 0 Å². The highest BCUT2D eigenvalue weighted by molar-refractivity contribution is 5.91. The Kier molecular flexibility index (Phi) is 6.19. The molecule has 2 N–H and O–H groups in total. The SMILES string of the molecule is CC(C)CCCCC/C(O)=C1/C(=O)OC[C@@H]1CO. The summed E-state index contributed by atoms with van der Waals surface area (Å²) in [5.74, 6) is -0.0245. The number of aliphatic hydroxyl groups is 2. The second-order valence-corrected chi connectivity index (χ2v) is 5.33. The summed E-state index contributed by atoms with van der Waals surface area (Å²) in [5, 5.41) is 19.0. The Morgan fingerprint density at radius 1 is 1.39 bits per heavy atom. The van der Waals surface area contributed by atoms with E-state index in [1.165, 1.54) is 6.42 Å². The van der Waals surface area contributed by atoms with Crippen LogP contribution in [0.25, 0.3) is 0 Å². The molecule has 0 aromatic rings. The van der Waals surface area contributed by atoms with Gasteiger partial charge in [-0.15, -0.1) is 0 Å². The Hall–Kier alpha value is -1.03. The fourth-order valence-electron chi connectivity index (χ4n) is 2.16. The summed E-state index contributed by atoms with van der Waals surface area (Å²) in [5.41, 5.74) is 0.279. The second kappa shape index (κ2) is 7.41. The number of ether oxygens (including phenoxy) is 1. The maximum atomic E-state index is 11.4. The number of rotatable bonds is 7. The Balaban J connectivity index is 2.38. The first kappa shape index (κ1) is 15.0. The van der Waals surface area contributed by atoms with Crippen molar-refractivity contribution in [3.05, 3.63) is 11.3 Å². The maximum absolute atomic E-state index is 11.4. The molecule has 0 radical (unpaired) electrons. The molecule has 4 heteroatoms. The zero-order valence-corrected chi connectivity index (χ0v) is 11.3. The Bertz CT molecular complexity index is 307. The summed E-state index contributed by atoms with van der Waals surface area (Å²) in [6.45, 7) is 4.42. The number of carbonyl (C=O) groups is 1. The van der Waals surface area contributed by atoms with E-state index in [4.69, 9.17) is 9.84 Å². The highest BCUT2D eigenvalue weighted by Gasteiger charge is 2.33. The summed E-state index contributed by atoms with van der Waals surface area (Å²) < 4.78 is 4.83. The van der Waals surface area contributed by atoms with E-state index in [0.29, 0.717) is 12.3 Å². The van der Waals surface area contributed by atoms with E-state index in [1.807, 2.05) is 0 Å². The molecule has 0 amide bonds. The van der Waals surface area contributed by atoms with Crippen molar-refractivity contribution in [2.75, 3.05) is 13.2 Å². The zero-order valence-electron chi connectivity index (χ0n) is 11.3. The topological polar surface area (TPSA) is 66.8 Å². The molecular formula is C14H24O4. The smallest absolute Gasteiger partial charge is 0.337 e. The molecule has 1 saturated heterocycles. The molecule has 1 atom stereocenters. The van der Waals surface area contributed by atoms with Gasteiger partial charge in [0, 0.05) is 6.42 Å². The quantitative estimate of drug-likeness (QED) is 0.318. The lowest BCUT2D eigenvalue weighted by molar-refractivity contribution is -0.135. The highest BCUT2D eigenvalue weighted by Crippen LogP contribution is 2.25. The molecule has 0 aliphatic carbocycles. The summed E-state index contributed by atoms with van der Waals surface area (Å²) in [7, 11) is 0. The normalized spacial score (nSPS) is 22.4. The van der Waals surface area contributed by atoms with E-state index >= 15 is 0 Å². The van der Waals surface area contributed by atoms with Crippen LogP contribution in [-0.2, 0) is 9.53 Å². The number of cyclic esters (lactones) is 1. The first-order chi connectivity index (χ1) is 8.56. The standard InChI is InChI=1S/C14H24O4/c1-10(2)6-4-3-5-7-12(16)13-11(8-15)9-18-14(13)17/h10-11,15-16H,3-9H2,1-2H3/b13-12-/t11-/m0/s1. The molecule has 1 aliphatic rings. The minimum Gasteiger partial charge on any atom is -0.512 e. The predicted molar refractivity (Wildman–Crippen MR) is 69.1 cm³/mol. The van der Waals surface area contributed by atoms with Crippen LogP contribution in [-0.4, -0.2) is 29.4 Å². The van der Waals surface area contributed by atoms with Crippen LogP contribution in [0.2, 0.25) is 0 Å². The van der Waals surface area contributed by atoms with Gasteiger partial charge in [0.2, 0.25) is 0 Å². The van der Waals surface area contributed by atoms with Crippen LogP contribution < -0.4 is 0 Å². The molecule has 0 bridgehead atoms. The van der Waals surface area contributed by atoms with E-state index in [2.05, 4.69) is 13.8 Å². The predicted octanol–water partition coefficient (Wildman–Crippen LogP) is 2.57. The van der Waals surface area contributed by atoms with Gasteiger partial charge < -0.3 is 14.9 Å². The van der Waals surface area contributed by atoms with Crippen molar-refractivity contribution in [1.29, 1.82) is 0 Å². The minimum absolute atomic E-state index is 0.0982. The molecule has 18 heavy (non-hydrogen) atoms. The summed E-state index contributed by atoms with van der Waals surface area (Å²) >= 11 is 0. The van der Waals surface area contributed by atoms with Gasteiger partial charge in [0.05, 0.1) is 18.1 Å². The molecule has 1 fully saturated rings. The van der Waals surface area contributed by atoms with Gasteiger partial charge in [-0.2, -0.15) is 0 Å². The number of aliphatic hydroxyl groups excluding tert-OH is 2. The fraction of sp³-hybridized carbons (Fsp3) is 0.786. The lowest BCUT2D eigenvalue weighted by Gasteiger charge is -2.08. The lowest BCUT2D eigenvalue weighted by Crippen LogP contribution is -2.11. The molecule has 1 heterocycles. The molecule has 0 aromatic carbocycles. The van der Waals surface area contributed by atoms with Crippen LogP contribution in [0.15, 0.2) is 11.3 Å². The highest BCUT2D eigenvalue weighted by atomic mass is 16.5. The van der Waals surface area contributed by atoms with Crippen LogP contribution in [0, 0.1) is 11.8 Å². The fourth-order valence-corrected chi connectivity index (χ4v) is 2.16. The molecule has 1 aliphatic heterocycles. The molecule has 0 aromatic heterocycles. The van der Waals surface area contributed by atoms with Crippen LogP contribution in [0.3, 0.4) is 0 Å². The average molecular weight is 256 g/mol. The lowest BCUT2D eigenvalue weighted by atomic mass is 9.99. The summed E-state index contributed by atoms with van der Waals surface area (Å²) in [4.78, 5) is 11.4. The molecule has 1 rings (SSSR count). The number of carbonyl (C=O) groups excluding carboxylic acids is 1. The van der Waals surface area contributed by atoms with Crippen molar-refractivity contribution in [3.8, 4) is 0 Å². The zero-order chi connectivity index (χ0) is 13.5. The van der Waals surface area contributed by atoms with Crippen molar-refractivity contribution < 1.29 is 19.7 Å². The van der Waals surface area contributed by atoms with Crippen molar-refractivity contribution >= 4 is 5.97 Å². The number of hydrogen-bond donors (Lipinski definition) is 2. The Morgan fingerprint density at radius 3 is 2.72 bits per heavy atom. The first-order valence-corrected chi connectivity index (χ1v) is 6.76. The van der Waals surface area contributed by atoms with Gasteiger partial charge in [0.25, 0.3) is 0 Å². The van der Waals surface area contributed by atoms with E-state index in [-0.39, 0.29) is 30.5 Å². The molecule has 104 valence electrons. The largest absolute Gasteiger partial charge is 0.512 e. The van der Waals surface area contributed by atoms with Gasteiger partial charge in [-0.05, 0) is 12.3 Å². The van der Waals surface area contributed by atoms with Gasteiger partial charge in [0.1, 0.15) is 12.4 Å². The molecule has 4 nitrogen and oxygen atoms in total. The van der Waals surface area contributed by atoms with Gasteiger partial charge in [-0.1, -0.05) is 33.1 Å². The average Bonchev–Trinajstić information content (AvgIpc) is 2.69. The third-order valence-corrected chi connectivity index (χ3v) is 3.27. The monoisotopic (exact) mass is 256 g/mol. The van der Waals surface area contributed by atoms with E-state index in [1.54, 1.807) is 0 Å². The van der Waals surface area contributed by atoms with E-state index in [9.17, 15) is 9.90 Å². The number of esters is 1. The van der Waals surface area contributed by atoms with E-state index < -0.39 is 5.97 Å². The maximum Gasteiger partial charge on any atom is 0.337 e. The molecule has 0 unspecified atom stereocenters. The van der Waals surface area contributed by atoms with Crippen molar-refractivity contribution in [3.63, 3.8) is 0 Å². The third kappa shape index (κ3) is 4.33.